The van der Waals surface area contributed by atoms with E-state index in [-0.39, 0.29) is 23.5 Å². The molecule has 1 atom stereocenters. The number of carbonyl (C=O) groups excluding carboxylic acids is 1. The summed E-state index contributed by atoms with van der Waals surface area (Å²) in [5.74, 6) is 1.19. The molecule has 2 aliphatic rings. The number of amides is 1. The van der Waals surface area contributed by atoms with Gasteiger partial charge < -0.3 is 15.8 Å². The molecule has 0 spiro atoms. The zero-order valence-electron chi connectivity index (χ0n) is 14.2. The van der Waals surface area contributed by atoms with Crippen LogP contribution in [0.15, 0.2) is 18.2 Å². The van der Waals surface area contributed by atoms with E-state index in [0.29, 0.717) is 5.69 Å². The maximum Gasteiger partial charge on any atom is 0.223 e. The molecule has 0 bridgehead atoms. The Labute approximate surface area is 138 Å². The van der Waals surface area contributed by atoms with Crippen LogP contribution in [0.25, 0.3) is 0 Å². The minimum absolute atomic E-state index is 0.0204. The minimum Gasteiger partial charge on any atom is -0.487 e. The largest absolute Gasteiger partial charge is 0.487 e. The van der Waals surface area contributed by atoms with Crippen molar-refractivity contribution in [3.05, 3.63) is 23.8 Å². The Hall–Kier alpha value is -1.71. The third kappa shape index (κ3) is 3.80. The van der Waals surface area contributed by atoms with Crippen LogP contribution >= 0.6 is 0 Å². The fraction of sp³-hybridized carbons (Fsp3) is 0.632. The van der Waals surface area contributed by atoms with Crippen molar-refractivity contribution in [3.63, 3.8) is 0 Å². The lowest BCUT2D eigenvalue weighted by molar-refractivity contribution is -0.126. The first-order chi connectivity index (χ1) is 10.9. The van der Waals surface area contributed by atoms with Crippen LogP contribution in [-0.4, -0.2) is 11.5 Å². The Bertz CT molecular complexity index is 575. The molecule has 23 heavy (non-hydrogen) atoms. The minimum atomic E-state index is -0.287. The third-order valence-electron chi connectivity index (χ3n) is 5.03. The molecule has 3 N–H and O–H groups in total. The molecule has 1 aromatic carbocycles. The summed E-state index contributed by atoms with van der Waals surface area (Å²) < 4.78 is 6.04. The van der Waals surface area contributed by atoms with Crippen molar-refractivity contribution >= 4 is 11.6 Å². The lowest BCUT2D eigenvalue weighted by Gasteiger charge is -2.38. The van der Waals surface area contributed by atoms with Gasteiger partial charge in [0.2, 0.25) is 5.91 Å². The van der Waals surface area contributed by atoms with Crippen LogP contribution in [0.4, 0.5) is 5.69 Å². The average Bonchev–Trinajstić information content (AvgIpc) is 2.76. The number of anilines is 1. The van der Waals surface area contributed by atoms with E-state index in [1.165, 1.54) is 25.7 Å². The summed E-state index contributed by atoms with van der Waals surface area (Å²) >= 11 is 0. The van der Waals surface area contributed by atoms with E-state index in [2.05, 4.69) is 19.2 Å². The van der Waals surface area contributed by atoms with Crippen LogP contribution in [0.3, 0.4) is 0 Å². The summed E-state index contributed by atoms with van der Waals surface area (Å²) in [6, 6.07) is 5.68. The predicted molar refractivity (Wildman–Crippen MR) is 92.3 cm³/mol. The molecule has 1 aliphatic carbocycles. The molecule has 4 heteroatoms. The molecular weight excluding hydrogens is 288 g/mol. The number of nitrogens with two attached hydrogens (primary N) is 1. The second-order valence-electron chi connectivity index (χ2n) is 7.61. The lowest BCUT2D eigenvalue weighted by Crippen LogP contribution is -2.43. The lowest BCUT2D eigenvalue weighted by atomic mass is 9.88. The number of benzene rings is 1. The number of ether oxygens (including phenoxy) is 1. The third-order valence-corrected chi connectivity index (χ3v) is 5.03. The normalized spacial score (nSPS) is 24.2. The van der Waals surface area contributed by atoms with E-state index in [1.807, 2.05) is 18.2 Å². The molecule has 1 heterocycles. The second-order valence-corrected chi connectivity index (χ2v) is 7.61. The molecule has 0 radical (unpaired) electrons. The highest BCUT2D eigenvalue weighted by atomic mass is 16.5. The summed E-state index contributed by atoms with van der Waals surface area (Å²) in [6.45, 7) is 4.13. The van der Waals surface area contributed by atoms with Gasteiger partial charge in [0.05, 0.1) is 6.04 Å². The van der Waals surface area contributed by atoms with Crippen molar-refractivity contribution in [1.82, 2.24) is 5.32 Å². The van der Waals surface area contributed by atoms with Gasteiger partial charge in [-0.3, -0.25) is 4.79 Å². The van der Waals surface area contributed by atoms with Crippen LogP contribution in [0.5, 0.6) is 5.75 Å². The van der Waals surface area contributed by atoms with E-state index in [0.717, 1.165) is 30.6 Å². The molecule has 0 saturated heterocycles. The smallest absolute Gasteiger partial charge is 0.223 e. The van der Waals surface area contributed by atoms with Gasteiger partial charge in [-0.2, -0.15) is 0 Å². The molecule has 4 nitrogen and oxygen atoms in total. The second kappa shape index (κ2) is 6.42. The SMILES string of the molecule is CC1(C)CC(NC(=O)C2CCCCCC2)c2cc(N)ccc2O1. The van der Waals surface area contributed by atoms with Crippen LogP contribution < -0.4 is 15.8 Å². The van der Waals surface area contributed by atoms with Gasteiger partial charge in [-0.15, -0.1) is 0 Å². The number of hydrogen-bond donors (Lipinski definition) is 2. The molecule has 1 aliphatic heterocycles. The highest BCUT2D eigenvalue weighted by Gasteiger charge is 2.35. The number of nitrogens with one attached hydrogen (secondary N) is 1. The molecule has 1 saturated carbocycles. The zero-order valence-corrected chi connectivity index (χ0v) is 14.2. The molecule has 126 valence electrons. The maximum absolute atomic E-state index is 12.7. The quantitative estimate of drug-likeness (QED) is 0.641. The number of nitrogen functional groups attached to an aromatic ring is 1. The molecule has 1 unspecified atom stereocenters. The van der Waals surface area contributed by atoms with Crippen LogP contribution in [0, 0.1) is 5.92 Å². The van der Waals surface area contributed by atoms with Gasteiger partial charge in [-0.05, 0) is 44.9 Å². The van der Waals surface area contributed by atoms with Gasteiger partial charge in [0.25, 0.3) is 0 Å². The van der Waals surface area contributed by atoms with Crippen molar-refractivity contribution < 1.29 is 9.53 Å². The van der Waals surface area contributed by atoms with Gasteiger partial charge in [0.15, 0.2) is 0 Å². The van der Waals surface area contributed by atoms with E-state index in [9.17, 15) is 4.79 Å². The van der Waals surface area contributed by atoms with Crippen LogP contribution in [0.2, 0.25) is 0 Å². The summed E-state index contributed by atoms with van der Waals surface area (Å²) in [5.41, 5.74) is 7.37. The van der Waals surface area contributed by atoms with Crippen molar-refractivity contribution in [2.45, 2.75) is 70.4 Å². The van der Waals surface area contributed by atoms with E-state index in [1.54, 1.807) is 0 Å². The van der Waals surface area contributed by atoms with E-state index >= 15 is 0 Å². The van der Waals surface area contributed by atoms with Gasteiger partial charge in [0.1, 0.15) is 11.4 Å². The van der Waals surface area contributed by atoms with E-state index in [4.69, 9.17) is 10.5 Å². The fourth-order valence-corrected chi connectivity index (χ4v) is 3.83. The predicted octanol–water partition coefficient (Wildman–Crippen LogP) is 3.96. The molecule has 0 aromatic heterocycles. The first-order valence-electron chi connectivity index (χ1n) is 8.83. The average molecular weight is 316 g/mol. The molecule has 1 amide bonds. The van der Waals surface area contributed by atoms with Crippen molar-refractivity contribution in [2.24, 2.45) is 5.92 Å². The molecule has 1 aromatic rings. The van der Waals surface area contributed by atoms with Crippen LogP contribution in [0.1, 0.15) is 70.4 Å². The summed E-state index contributed by atoms with van der Waals surface area (Å²) in [5, 5.41) is 3.28. The van der Waals surface area contributed by atoms with E-state index < -0.39 is 0 Å². The Morgan fingerprint density at radius 2 is 1.91 bits per heavy atom. The standard InChI is InChI=1S/C19H28N2O2/c1-19(2)12-16(15-11-14(20)9-10-17(15)23-19)21-18(22)13-7-5-3-4-6-8-13/h9-11,13,16H,3-8,12,20H2,1-2H3,(H,21,22). The Kier molecular flexibility index (Phi) is 4.51. The first kappa shape index (κ1) is 16.2. The van der Waals surface area contributed by atoms with Crippen molar-refractivity contribution in [1.29, 1.82) is 0 Å². The van der Waals surface area contributed by atoms with Crippen LogP contribution in [-0.2, 0) is 4.79 Å². The molecule has 1 fully saturated rings. The Morgan fingerprint density at radius 3 is 2.61 bits per heavy atom. The summed E-state index contributed by atoms with van der Waals surface area (Å²) in [6.07, 6.45) is 7.65. The zero-order chi connectivity index (χ0) is 16.4. The summed E-state index contributed by atoms with van der Waals surface area (Å²) in [4.78, 5) is 12.7. The highest BCUT2D eigenvalue weighted by Crippen LogP contribution is 2.40. The molecule has 3 rings (SSSR count). The number of rotatable bonds is 2. The monoisotopic (exact) mass is 316 g/mol. The number of carbonyl (C=O) groups is 1. The van der Waals surface area contributed by atoms with Gasteiger partial charge in [-0.25, -0.2) is 0 Å². The fourth-order valence-electron chi connectivity index (χ4n) is 3.83. The molecular formula is C19H28N2O2. The van der Waals surface area contributed by atoms with Gasteiger partial charge >= 0.3 is 0 Å². The van der Waals surface area contributed by atoms with Crippen molar-refractivity contribution in [2.75, 3.05) is 5.73 Å². The van der Waals surface area contributed by atoms with Gasteiger partial charge in [-0.1, -0.05) is 25.7 Å². The summed E-state index contributed by atoms with van der Waals surface area (Å²) in [7, 11) is 0. The first-order valence-corrected chi connectivity index (χ1v) is 8.83. The van der Waals surface area contributed by atoms with Gasteiger partial charge in [0, 0.05) is 23.6 Å². The highest BCUT2D eigenvalue weighted by molar-refractivity contribution is 5.79. The Balaban J connectivity index is 1.78. The maximum atomic E-state index is 12.7. The number of fused-ring (bicyclic) bond motifs is 1. The topological polar surface area (TPSA) is 64.4 Å². The van der Waals surface area contributed by atoms with Crippen molar-refractivity contribution in [3.8, 4) is 5.75 Å². The Morgan fingerprint density at radius 1 is 1.22 bits per heavy atom. The number of hydrogen-bond acceptors (Lipinski definition) is 3.